The number of hydrogen-bond donors (Lipinski definition) is 2. The van der Waals surface area contributed by atoms with Crippen molar-refractivity contribution in [2.24, 2.45) is 4.99 Å². The molecule has 0 amide bonds. The fourth-order valence-corrected chi connectivity index (χ4v) is 2.48. The lowest BCUT2D eigenvalue weighted by Crippen LogP contribution is -2.39. The minimum atomic E-state index is 0.0552. The van der Waals surface area contributed by atoms with E-state index >= 15 is 0 Å². The summed E-state index contributed by atoms with van der Waals surface area (Å²) in [7, 11) is 1.77. The molecule has 24 heavy (non-hydrogen) atoms. The van der Waals surface area contributed by atoms with E-state index in [0.717, 1.165) is 31.9 Å². The van der Waals surface area contributed by atoms with Crippen LogP contribution in [0, 0.1) is 0 Å². The molecule has 2 N–H and O–H groups in total. The molecule has 2 rings (SSSR count). The molecule has 128 valence electrons. The van der Waals surface area contributed by atoms with Crippen molar-refractivity contribution in [3.63, 3.8) is 0 Å². The van der Waals surface area contributed by atoms with E-state index in [1.807, 2.05) is 30.5 Å². The third-order valence-corrected chi connectivity index (χ3v) is 3.89. The molecule has 0 fully saturated rings. The topological polar surface area (TPSA) is 58.4 Å². The molecule has 0 spiro atoms. The number of hydrogen-bond acceptors (Lipinski definition) is 2. The lowest BCUT2D eigenvalue weighted by atomic mass is 10.1. The minimum absolute atomic E-state index is 0.0552. The van der Waals surface area contributed by atoms with Crippen molar-refractivity contribution in [1.29, 1.82) is 0 Å². The summed E-state index contributed by atoms with van der Waals surface area (Å²) in [6, 6.07) is 15.7. The molecule has 0 aliphatic rings. The van der Waals surface area contributed by atoms with Gasteiger partial charge in [0.1, 0.15) is 0 Å². The summed E-state index contributed by atoms with van der Waals surface area (Å²) in [4.78, 5) is 15.9. The number of aromatic nitrogens is 1. The molecule has 1 atom stereocenters. The molecular formula is C19H26N4O. The van der Waals surface area contributed by atoms with Gasteiger partial charge in [0, 0.05) is 32.4 Å². The highest BCUT2D eigenvalue weighted by atomic mass is 16.1. The molecule has 0 bridgehead atoms. The zero-order chi connectivity index (χ0) is 17.2. The van der Waals surface area contributed by atoms with E-state index in [9.17, 15) is 4.79 Å². The van der Waals surface area contributed by atoms with Crippen LogP contribution in [-0.2, 0) is 6.54 Å². The summed E-state index contributed by atoms with van der Waals surface area (Å²) in [6.45, 7) is 3.68. The van der Waals surface area contributed by atoms with Crippen molar-refractivity contribution >= 4 is 5.96 Å². The van der Waals surface area contributed by atoms with E-state index in [1.54, 1.807) is 23.7 Å². The van der Waals surface area contributed by atoms with Gasteiger partial charge in [-0.2, -0.15) is 0 Å². The van der Waals surface area contributed by atoms with Crippen LogP contribution in [0.25, 0.3) is 0 Å². The Bertz CT molecular complexity index is 694. The lowest BCUT2D eigenvalue weighted by molar-refractivity contribution is 0.582. The van der Waals surface area contributed by atoms with Crippen LogP contribution >= 0.6 is 0 Å². The van der Waals surface area contributed by atoms with Crippen LogP contribution in [0.5, 0.6) is 0 Å². The maximum atomic E-state index is 11.6. The largest absolute Gasteiger partial charge is 0.356 e. The fourth-order valence-electron chi connectivity index (χ4n) is 2.48. The first kappa shape index (κ1) is 17.8. The monoisotopic (exact) mass is 326 g/mol. The van der Waals surface area contributed by atoms with Gasteiger partial charge in [-0.1, -0.05) is 36.4 Å². The molecule has 0 aliphatic heterocycles. The lowest BCUT2D eigenvalue weighted by Gasteiger charge is -2.18. The number of unbranched alkanes of at least 4 members (excludes halogenated alkanes) is 1. The summed E-state index contributed by atoms with van der Waals surface area (Å²) in [6.07, 6.45) is 3.75. The van der Waals surface area contributed by atoms with Crippen LogP contribution in [0.2, 0.25) is 0 Å². The Kier molecular flexibility index (Phi) is 7.08. The van der Waals surface area contributed by atoms with E-state index in [2.05, 4.69) is 34.7 Å². The molecule has 1 aromatic carbocycles. The highest BCUT2D eigenvalue weighted by Crippen LogP contribution is 2.10. The number of pyridine rings is 1. The van der Waals surface area contributed by atoms with Gasteiger partial charge in [-0.3, -0.25) is 9.79 Å². The summed E-state index contributed by atoms with van der Waals surface area (Å²) in [5, 5.41) is 6.71. The van der Waals surface area contributed by atoms with E-state index in [4.69, 9.17) is 0 Å². The number of nitrogens with one attached hydrogen (secondary N) is 2. The molecule has 1 aromatic heterocycles. The van der Waals surface area contributed by atoms with Gasteiger partial charge < -0.3 is 15.2 Å². The van der Waals surface area contributed by atoms with Gasteiger partial charge >= 0.3 is 0 Å². The van der Waals surface area contributed by atoms with Gasteiger partial charge in [0.05, 0.1) is 6.04 Å². The maximum absolute atomic E-state index is 11.6. The Morgan fingerprint density at radius 2 is 1.88 bits per heavy atom. The summed E-state index contributed by atoms with van der Waals surface area (Å²) in [5.41, 5.74) is 1.28. The van der Waals surface area contributed by atoms with E-state index < -0.39 is 0 Å². The molecule has 0 aliphatic carbocycles. The highest BCUT2D eigenvalue weighted by molar-refractivity contribution is 5.80. The van der Waals surface area contributed by atoms with Gasteiger partial charge in [-0.15, -0.1) is 0 Å². The molecule has 1 heterocycles. The molecule has 1 unspecified atom stereocenters. The third-order valence-electron chi connectivity index (χ3n) is 3.89. The average molecular weight is 326 g/mol. The van der Waals surface area contributed by atoms with Gasteiger partial charge in [0.25, 0.3) is 0 Å². The third kappa shape index (κ3) is 5.57. The van der Waals surface area contributed by atoms with Crippen molar-refractivity contribution in [1.82, 2.24) is 15.2 Å². The number of benzene rings is 1. The first-order valence-corrected chi connectivity index (χ1v) is 8.38. The van der Waals surface area contributed by atoms with Gasteiger partial charge in [0.15, 0.2) is 5.96 Å². The van der Waals surface area contributed by atoms with Gasteiger partial charge in [0.2, 0.25) is 5.56 Å². The molecule has 0 saturated carbocycles. The van der Waals surface area contributed by atoms with Crippen LogP contribution in [0.3, 0.4) is 0 Å². The number of guanidine groups is 1. The second-order valence-corrected chi connectivity index (χ2v) is 5.72. The average Bonchev–Trinajstić information content (AvgIpc) is 2.62. The Labute approximate surface area is 143 Å². The van der Waals surface area contributed by atoms with Gasteiger partial charge in [-0.25, -0.2) is 0 Å². The molecular weight excluding hydrogens is 300 g/mol. The van der Waals surface area contributed by atoms with Crippen molar-refractivity contribution in [2.45, 2.75) is 32.4 Å². The molecule has 0 saturated heterocycles. The van der Waals surface area contributed by atoms with E-state index in [-0.39, 0.29) is 11.6 Å². The first-order chi connectivity index (χ1) is 11.7. The zero-order valence-corrected chi connectivity index (χ0v) is 14.4. The van der Waals surface area contributed by atoms with Crippen molar-refractivity contribution < 1.29 is 0 Å². The van der Waals surface area contributed by atoms with Crippen LogP contribution in [0.4, 0.5) is 0 Å². The molecule has 5 heteroatoms. The second-order valence-electron chi connectivity index (χ2n) is 5.72. The number of nitrogens with zero attached hydrogens (tertiary/aromatic N) is 2. The Balaban J connectivity index is 1.70. The Morgan fingerprint density at radius 1 is 1.12 bits per heavy atom. The van der Waals surface area contributed by atoms with Crippen molar-refractivity contribution in [3.05, 3.63) is 70.6 Å². The summed E-state index contributed by atoms with van der Waals surface area (Å²) < 4.78 is 1.74. The predicted octanol–water partition coefficient (Wildman–Crippen LogP) is 2.55. The standard InChI is InChI=1S/C19H26N4O/c1-16(17-10-4-3-5-11-17)22-19(20-2)21-13-7-9-15-23-14-8-6-12-18(23)24/h3-6,8,10-12,14,16H,7,9,13,15H2,1-2H3,(H2,20,21,22). The fraction of sp³-hybridized carbons (Fsp3) is 0.368. The van der Waals surface area contributed by atoms with Crippen LogP contribution in [0.1, 0.15) is 31.4 Å². The smallest absolute Gasteiger partial charge is 0.250 e. The van der Waals surface area contributed by atoms with Crippen LogP contribution < -0.4 is 16.2 Å². The quantitative estimate of drug-likeness (QED) is 0.467. The zero-order valence-electron chi connectivity index (χ0n) is 14.4. The first-order valence-electron chi connectivity index (χ1n) is 8.38. The number of aliphatic imine (C=N–C) groups is 1. The Morgan fingerprint density at radius 3 is 2.58 bits per heavy atom. The Hall–Kier alpha value is -2.56. The van der Waals surface area contributed by atoms with Gasteiger partial charge in [-0.05, 0) is 31.4 Å². The van der Waals surface area contributed by atoms with Crippen LogP contribution in [0.15, 0.2) is 64.5 Å². The SMILES string of the molecule is CN=C(NCCCCn1ccccc1=O)NC(C)c1ccccc1. The normalized spacial score (nSPS) is 12.7. The van der Waals surface area contributed by atoms with E-state index in [0.29, 0.717) is 0 Å². The maximum Gasteiger partial charge on any atom is 0.250 e. The molecule has 0 radical (unpaired) electrons. The summed E-state index contributed by atoms with van der Waals surface area (Å²) in [5.74, 6) is 0.795. The number of aryl methyl sites for hydroxylation is 1. The molecule has 2 aromatic rings. The highest BCUT2D eigenvalue weighted by Gasteiger charge is 2.06. The predicted molar refractivity (Wildman–Crippen MR) is 99.3 cm³/mol. The summed E-state index contributed by atoms with van der Waals surface area (Å²) >= 11 is 0. The second kappa shape index (κ2) is 9.55. The van der Waals surface area contributed by atoms with Crippen molar-refractivity contribution in [2.75, 3.05) is 13.6 Å². The number of rotatable bonds is 7. The molecule has 5 nitrogen and oxygen atoms in total. The van der Waals surface area contributed by atoms with Crippen molar-refractivity contribution in [3.8, 4) is 0 Å². The van der Waals surface area contributed by atoms with E-state index in [1.165, 1.54) is 5.56 Å². The minimum Gasteiger partial charge on any atom is -0.356 e. The van der Waals surface area contributed by atoms with Crippen LogP contribution in [-0.4, -0.2) is 24.1 Å².